The average molecular weight is 197 g/mol. The Bertz CT molecular complexity index is 337. The summed E-state index contributed by atoms with van der Waals surface area (Å²) in [6.07, 6.45) is 1.08. The van der Waals surface area contributed by atoms with Crippen molar-refractivity contribution in [3.8, 4) is 0 Å². The monoisotopic (exact) mass is 197 g/mol. The van der Waals surface area contributed by atoms with Crippen LogP contribution < -0.4 is 11.1 Å². The van der Waals surface area contributed by atoms with Crippen molar-refractivity contribution in [2.45, 2.75) is 6.04 Å². The second-order valence-corrected chi connectivity index (χ2v) is 3.49. The maximum atomic E-state index is 12.7. The summed E-state index contributed by atoms with van der Waals surface area (Å²) >= 11 is 0. The lowest BCUT2D eigenvalue weighted by atomic mass is 10.1. The van der Waals surface area contributed by atoms with E-state index < -0.39 is 5.82 Å². The van der Waals surface area contributed by atoms with E-state index in [0.717, 1.165) is 19.3 Å². The van der Waals surface area contributed by atoms with Crippen LogP contribution in [-0.4, -0.2) is 41.0 Å². The molecule has 0 atom stereocenters. The van der Waals surface area contributed by atoms with Gasteiger partial charge in [0.25, 0.3) is 0 Å². The third kappa shape index (κ3) is 1.74. The molecule has 1 aromatic rings. The molecule has 2 heterocycles. The minimum Gasteiger partial charge on any atom is -0.381 e. The first-order chi connectivity index (χ1) is 6.65. The van der Waals surface area contributed by atoms with E-state index in [0.29, 0.717) is 12.0 Å². The molecule has 1 aliphatic heterocycles. The summed E-state index contributed by atoms with van der Waals surface area (Å²) in [6.45, 7) is 1.89. The summed E-state index contributed by atoms with van der Waals surface area (Å²) in [7, 11) is 2.03. The van der Waals surface area contributed by atoms with Crippen LogP contribution in [0.3, 0.4) is 0 Å². The Labute approximate surface area is 81.1 Å². The van der Waals surface area contributed by atoms with Crippen molar-refractivity contribution in [3.05, 3.63) is 12.0 Å². The van der Waals surface area contributed by atoms with Gasteiger partial charge in [0.1, 0.15) is 0 Å². The number of halogens is 1. The molecule has 3 N–H and O–H groups in total. The number of nitrogens with one attached hydrogen (secondary N) is 1. The van der Waals surface area contributed by atoms with Gasteiger partial charge in [0, 0.05) is 13.1 Å². The molecule has 2 rings (SSSR count). The number of anilines is 2. The molecular weight excluding hydrogens is 185 g/mol. The van der Waals surface area contributed by atoms with Gasteiger partial charge in [-0.1, -0.05) is 0 Å². The molecule has 0 amide bonds. The van der Waals surface area contributed by atoms with Crippen LogP contribution in [0, 0.1) is 5.82 Å². The second kappa shape index (κ2) is 3.38. The van der Waals surface area contributed by atoms with E-state index in [-0.39, 0.29) is 5.82 Å². The lowest BCUT2D eigenvalue weighted by molar-refractivity contribution is 0.204. The minimum absolute atomic E-state index is 0.116. The van der Waals surface area contributed by atoms with E-state index in [1.54, 1.807) is 0 Å². The first-order valence-corrected chi connectivity index (χ1v) is 4.38. The van der Waals surface area contributed by atoms with E-state index in [1.807, 2.05) is 7.05 Å². The van der Waals surface area contributed by atoms with Gasteiger partial charge in [0.2, 0.25) is 5.95 Å². The highest BCUT2D eigenvalue weighted by molar-refractivity contribution is 5.37. The zero-order chi connectivity index (χ0) is 10.1. The van der Waals surface area contributed by atoms with Crippen LogP contribution in [0.25, 0.3) is 0 Å². The van der Waals surface area contributed by atoms with Crippen molar-refractivity contribution in [1.82, 2.24) is 14.9 Å². The van der Waals surface area contributed by atoms with E-state index in [1.165, 1.54) is 0 Å². The van der Waals surface area contributed by atoms with Gasteiger partial charge >= 0.3 is 0 Å². The van der Waals surface area contributed by atoms with Crippen LogP contribution in [0.4, 0.5) is 16.2 Å². The predicted molar refractivity (Wildman–Crippen MR) is 51.3 cm³/mol. The molecule has 0 spiro atoms. The summed E-state index contributed by atoms with van der Waals surface area (Å²) in [5.41, 5.74) is 5.31. The quantitative estimate of drug-likeness (QED) is 0.694. The number of aromatic nitrogens is 2. The van der Waals surface area contributed by atoms with Crippen molar-refractivity contribution in [2.24, 2.45) is 0 Å². The predicted octanol–water partition coefficient (Wildman–Crippen LogP) is -0.0762. The normalized spacial score (nSPS) is 17.9. The number of likely N-dealkylation sites (tertiary alicyclic amines) is 1. The van der Waals surface area contributed by atoms with Crippen molar-refractivity contribution in [3.63, 3.8) is 0 Å². The summed E-state index contributed by atoms with van der Waals surface area (Å²) in [5.74, 6) is -0.307. The highest BCUT2D eigenvalue weighted by atomic mass is 19.1. The van der Waals surface area contributed by atoms with Crippen molar-refractivity contribution < 1.29 is 4.39 Å². The van der Waals surface area contributed by atoms with Crippen LogP contribution >= 0.6 is 0 Å². The van der Waals surface area contributed by atoms with Crippen LogP contribution in [0.1, 0.15) is 0 Å². The third-order valence-electron chi connectivity index (χ3n) is 2.17. The molecule has 0 radical (unpaired) electrons. The van der Waals surface area contributed by atoms with Crippen LogP contribution in [0.15, 0.2) is 6.20 Å². The number of likely N-dealkylation sites (N-methyl/N-ethyl adjacent to an activating group) is 1. The number of nitrogens with two attached hydrogens (primary N) is 1. The fourth-order valence-corrected chi connectivity index (χ4v) is 1.42. The fraction of sp³-hybridized carbons (Fsp3) is 0.500. The number of hydrogen-bond acceptors (Lipinski definition) is 5. The first kappa shape index (κ1) is 9.14. The van der Waals surface area contributed by atoms with Gasteiger partial charge in [-0.15, -0.1) is 0 Å². The van der Waals surface area contributed by atoms with E-state index in [4.69, 9.17) is 5.73 Å². The van der Waals surface area contributed by atoms with Crippen molar-refractivity contribution in [2.75, 3.05) is 31.2 Å². The Morgan fingerprint density at radius 3 is 2.93 bits per heavy atom. The van der Waals surface area contributed by atoms with Gasteiger partial charge in [-0.2, -0.15) is 4.98 Å². The maximum Gasteiger partial charge on any atom is 0.225 e. The summed E-state index contributed by atoms with van der Waals surface area (Å²) < 4.78 is 12.7. The molecule has 1 aliphatic rings. The number of hydrogen-bond donors (Lipinski definition) is 2. The SMILES string of the molecule is CN1CC(Nc2ncc(F)c(N)n2)C1. The van der Waals surface area contributed by atoms with Gasteiger partial charge in [0.15, 0.2) is 11.6 Å². The molecule has 0 aliphatic carbocycles. The van der Waals surface area contributed by atoms with Gasteiger partial charge in [-0.3, -0.25) is 0 Å². The molecule has 6 heteroatoms. The van der Waals surface area contributed by atoms with Gasteiger partial charge in [-0.05, 0) is 7.05 Å². The molecular formula is C8H12FN5. The molecule has 1 fully saturated rings. The standard InChI is InChI=1S/C8H12FN5/c1-14-3-5(4-14)12-8-11-2-6(9)7(10)13-8/h2,5H,3-4H2,1H3,(H3,10,11,12,13). The van der Waals surface area contributed by atoms with Crippen molar-refractivity contribution >= 4 is 11.8 Å². The smallest absolute Gasteiger partial charge is 0.225 e. The van der Waals surface area contributed by atoms with Gasteiger partial charge in [0.05, 0.1) is 12.2 Å². The third-order valence-corrected chi connectivity index (χ3v) is 2.17. The van der Waals surface area contributed by atoms with E-state index >= 15 is 0 Å². The van der Waals surface area contributed by atoms with E-state index in [2.05, 4.69) is 20.2 Å². The Morgan fingerprint density at radius 1 is 1.64 bits per heavy atom. The van der Waals surface area contributed by atoms with Gasteiger partial charge in [-0.25, -0.2) is 9.37 Å². The van der Waals surface area contributed by atoms with Crippen molar-refractivity contribution in [1.29, 1.82) is 0 Å². The largest absolute Gasteiger partial charge is 0.381 e. The molecule has 0 unspecified atom stereocenters. The highest BCUT2D eigenvalue weighted by Gasteiger charge is 2.23. The molecule has 14 heavy (non-hydrogen) atoms. The second-order valence-electron chi connectivity index (χ2n) is 3.49. The average Bonchev–Trinajstić information content (AvgIpc) is 2.09. The maximum absolute atomic E-state index is 12.7. The number of nitrogen functional groups attached to an aromatic ring is 1. The van der Waals surface area contributed by atoms with Crippen LogP contribution in [0.2, 0.25) is 0 Å². The zero-order valence-electron chi connectivity index (χ0n) is 7.87. The first-order valence-electron chi connectivity index (χ1n) is 4.38. The Balaban J connectivity index is 2.00. The van der Waals surface area contributed by atoms with Crippen LogP contribution in [0.5, 0.6) is 0 Å². The van der Waals surface area contributed by atoms with E-state index in [9.17, 15) is 4.39 Å². The summed E-state index contributed by atoms with van der Waals surface area (Å²) in [4.78, 5) is 9.73. The number of rotatable bonds is 2. The fourth-order valence-electron chi connectivity index (χ4n) is 1.42. The number of nitrogens with zero attached hydrogens (tertiary/aromatic N) is 3. The molecule has 1 saturated heterocycles. The highest BCUT2D eigenvalue weighted by Crippen LogP contribution is 2.12. The Kier molecular flexibility index (Phi) is 2.20. The molecule has 0 bridgehead atoms. The summed E-state index contributed by atoms with van der Waals surface area (Å²) in [5, 5.41) is 3.07. The Morgan fingerprint density at radius 2 is 2.36 bits per heavy atom. The lowest BCUT2D eigenvalue weighted by Gasteiger charge is -2.36. The molecule has 5 nitrogen and oxygen atoms in total. The zero-order valence-corrected chi connectivity index (χ0v) is 7.87. The Hall–Kier alpha value is -1.43. The molecule has 0 aromatic carbocycles. The lowest BCUT2D eigenvalue weighted by Crippen LogP contribution is -2.52. The van der Waals surface area contributed by atoms with Crippen LogP contribution in [-0.2, 0) is 0 Å². The summed E-state index contributed by atoms with van der Waals surface area (Å²) in [6, 6.07) is 0.338. The molecule has 76 valence electrons. The topological polar surface area (TPSA) is 67.1 Å². The molecule has 0 saturated carbocycles. The minimum atomic E-state index is -0.582. The molecule has 1 aromatic heterocycles. The van der Waals surface area contributed by atoms with Gasteiger partial charge < -0.3 is 16.0 Å².